The molecule has 0 radical (unpaired) electrons. The molecule has 0 fully saturated rings. The maximum atomic E-state index is 12.5. The first-order chi connectivity index (χ1) is 13.4. The molecule has 7 heteroatoms. The molecule has 0 aliphatic carbocycles. The monoisotopic (exact) mass is 397 g/mol. The average Bonchev–Trinajstić information content (AvgIpc) is 2.67. The summed E-state index contributed by atoms with van der Waals surface area (Å²) in [7, 11) is -3.61. The first kappa shape index (κ1) is 20.0. The lowest BCUT2D eigenvalue weighted by atomic mass is 10.1. The van der Waals surface area contributed by atoms with E-state index in [-0.39, 0.29) is 30.3 Å². The number of hydrogen-bond donors (Lipinski definition) is 2. The van der Waals surface area contributed by atoms with Crippen LogP contribution in [0.25, 0.3) is 10.9 Å². The molecule has 0 aliphatic heterocycles. The lowest BCUT2D eigenvalue weighted by molar-refractivity contribution is -0.120. The summed E-state index contributed by atoms with van der Waals surface area (Å²) >= 11 is 0. The minimum Gasteiger partial charge on any atom is -0.354 e. The molecular weight excluding hydrogens is 374 g/mol. The number of para-hydroxylation sites is 1. The molecule has 1 heterocycles. The van der Waals surface area contributed by atoms with Crippen molar-refractivity contribution in [1.82, 2.24) is 15.0 Å². The normalized spacial score (nSPS) is 11.5. The van der Waals surface area contributed by atoms with Crippen molar-refractivity contribution in [2.45, 2.75) is 25.2 Å². The molecule has 28 heavy (non-hydrogen) atoms. The standard InChI is InChI=1S/C21H23N3O3S/c1-15-8-9-16(2)19(13-15)28(26,27)24-12-11-22-20(25)14-18-6-3-5-17-7-4-10-23-21(17)18/h3-10,13,24H,11-12,14H2,1-2H3,(H,22,25). The summed E-state index contributed by atoms with van der Waals surface area (Å²) in [6.07, 6.45) is 1.89. The van der Waals surface area contributed by atoms with E-state index in [2.05, 4.69) is 15.0 Å². The highest BCUT2D eigenvalue weighted by molar-refractivity contribution is 7.89. The number of carbonyl (C=O) groups is 1. The summed E-state index contributed by atoms with van der Waals surface area (Å²) in [4.78, 5) is 16.8. The van der Waals surface area contributed by atoms with E-state index in [9.17, 15) is 13.2 Å². The largest absolute Gasteiger partial charge is 0.354 e. The van der Waals surface area contributed by atoms with Crippen LogP contribution in [-0.4, -0.2) is 32.4 Å². The van der Waals surface area contributed by atoms with Crippen LogP contribution in [-0.2, 0) is 21.2 Å². The van der Waals surface area contributed by atoms with E-state index in [0.29, 0.717) is 5.56 Å². The van der Waals surface area contributed by atoms with Gasteiger partial charge in [0, 0.05) is 24.7 Å². The predicted molar refractivity (Wildman–Crippen MR) is 110 cm³/mol. The molecule has 1 aromatic heterocycles. The van der Waals surface area contributed by atoms with Crippen molar-refractivity contribution >= 4 is 26.8 Å². The van der Waals surface area contributed by atoms with Crippen molar-refractivity contribution in [2.75, 3.05) is 13.1 Å². The molecule has 0 bridgehead atoms. The number of sulfonamides is 1. The zero-order chi connectivity index (χ0) is 20.1. The van der Waals surface area contributed by atoms with Crippen LogP contribution in [0.5, 0.6) is 0 Å². The molecule has 0 atom stereocenters. The minimum atomic E-state index is -3.61. The lowest BCUT2D eigenvalue weighted by Crippen LogP contribution is -2.35. The van der Waals surface area contributed by atoms with E-state index in [0.717, 1.165) is 22.0 Å². The first-order valence-corrected chi connectivity index (χ1v) is 10.5. The van der Waals surface area contributed by atoms with Gasteiger partial charge in [0.2, 0.25) is 15.9 Å². The number of aryl methyl sites for hydroxylation is 2. The smallest absolute Gasteiger partial charge is 0.240 e. The SMILES string of the molecule is Cc1ccc(C)c(S(=O)(=O)NCCNC(=O)Cc2cccc3cccnc23)c1. The van der Waals surface area contributed by atoms with Gasteiger partial charge in [-0.05, 0) is 42.7 Å². The molecule has 2 aromatic carbocycles. The zero-order valence-electron chi connectivity index (χ0n) is 15.9. The summed E-state index contributed by atoms with van der Waals surface area (Å²) in [6, 6.07) is 14.8. The van der Waals surface area contributed by atoms with Crippen LogP contribution in [0.15, 0.2) is 59.6 Å². The topological polar surface area (TPSA) is 88.2 Å². The van der Waals surface area contributed by atoms with E-state index in [4.69, 9.17) is 0 Å². The second-order valence-electron chi connectivity index (χ2n) is 6.69. The van der Waals surface area contributed by atoms with Crippen LogP contribution in [0, 0.1) is 13.8 Å². The number of carbonyl (C=O) groups excluding carboxylic acids is 1. The van der Waals surface area contributed by atoms with E-state index in [1.165, 1.54) is 0 Å². The summed E-state index contributed by atoms with van der Waals surface area (Å²) < 4.78 is 27.4. The summed E-state index contributed by atoms with van der Waals surface area (Å²) in [5.74, 6) is -0.177. The van der Waals surface area contributed by atoms with Gasteiger partial charge in [-0.25, -0.2) is 13.1 Å². The molecule has 0 saturated heterocycles. The van der Waals surface area contributed by atoms with Crippen LogP contribution in [0.1, 0.15) is 16.7 Å². The molecular formula is C21H23N3O3S. The molecule has 146 valence electrons. The third kappa shape index (κ3) is 4.74. The van der Waals surface area contributed by atoms with Crippen molar-refractivity contribution < 1.29 is 13.2 Å². The van der Waals surface area contributed by atoms with Crippen LogP contribution < -0.4 is 10.0 Å². The van der Waals surface area contributed by atoms with Gasteiger partial charge in [0.05, 0.1) is 16.8 Å². The fraction of sp³-hybridized carbons (Fsp3) is 0.238. The van der Waals surface area contributed by atoms with Crippen LogP contribution >= 0.6 is 0 Å². The van der Waals surface area contributed by atoms with Crippen LogP contribution in [0.4, 0.5) is 0 Å². The van der Waals surface area contributed by atoms with Gasteiger partial charge in [0.15, 0.2) is 0 Å². The number of fused-ring (bicyclic) bond motifs is 1. The predicted octanol–water partition coefficient (Wildman–Crippen LogP) is 2.49. The average molecular weight is 398 g/mol. The minimum absolute atomic E-state index is 0.120. The highest BCUT2D eigenvalue weighted by Gasteiger charge is 2.16. The van der Waals surface area contributed by atoms with Gasteiger partial charge in [-0.1, -0.05) is 36.4 Å². The Kier molecular flexibility index (Phi) is 6.06. The Balaban J connectivity index is 1.55. The Morgan fingerprint density at radius 1 is 1.04 bits per heavy atom. The van der Waals surface area contributed by atoms with Crippen molar-refractivity contribution in [1.29, 1.82) is 0 Å². The molecule has 0 unspecified atom stereocenters. The number of aromatic nitrogens is 1. The second kappa shape index (κ2) is 8.50. The number of amides is 1. The Labute approximate surface area is 165 Å². The summed E-state index contributed by atoms with van der Waals surface area (Å²) in [5.41, 5.74) is 3.20. The lowest BCUT2D eigenvalue weighted by Gasteiger charge is -2.11. The fourth-order valence-corrected chi connectivity index (χ4v) is 4.37. The molecule has 2 N–H and O–H groups in total. The third-order valence-corrected chi connectivity index (χ3v) is 6.04. The van der Waals surface area contributed by atoms with Gasteiger partial charge in [-0.3, -0.25) is 9.78 Å². The number of nitrogens with zero attached hydrogens (tertiary/aromatic N) is 1. The van der Waals surface area contributed by atoms with E-state index >= 15 is 0 Å². The maximum Gasteiger partial charge on any atom is 0.240 e. The molecule has 3 rings (SSSR count). The van der Waals surface area contributed by atoms with Gasteiger partial charge in [0.1, 0.15) is 0 Å². The third-order valence-electron chi connectivity index (χ3n) is 4.44. The zero-order valence-corrected chi connectivity index (χ0v) is 16.7. The van der Waals surface area contributed by atoms with Crippen molar-refractivity contribution in [3.63, 3.8) is 0 Å². The van der Waals surface area contributed by atoms with Crippen molar-refractivity contribution in [3.05, 3.63) is 71.4 Å². The van der Waals surface area contributed by atoms with E-state index in [1.54, 1.807) is 25.3 Å². The molecule has 0 spiro atoms. The highest BCUT2D eigenvalue weighted by atomic mass is 32.2. The molecule has 0 saturated carbocycles. The van der Waals surface area contributed by atoms with Crippen LogP contribution in [0.3, 0.4) is 0 Å². The first-order valence-electron chi connectivity index (χ1n) is 9.03. The second-order valence-corrected chi connectivity index (χ2v) is 8.42. The van der Waals surface area contributed by atoms with Crippen LogP contribution in [0.2, 0.25) is 0 Å². The van der Waals surface area contributed by atoms with Gasteiger partial charge in [0.25, 0.3) is 0 Å². The molecule has 0 aliphatic rings. The van der Waals surface area contributed by atoms with Gasteiger partial charge in [-0.2, -0.15) is 0 Å². The Morgan fingerprint density at radius 3 is 2.64 bits per heavy atom. The fourth-order valence-electron chi connectivity index (χ4n) is 3.01. The Hall–Kier alpha value is -2.77. The van der Waals surface area contributed by atoms with E-state index in [1.807, 2.05) is 43.3 Å². The number of hydrogen-bond acceptors (Lipinski definition) is 4. The number of benzene rings is 2. The quantitative estimate of drug-likeness (QED) is 0.600. The highest BCUT2D eigenvalue weighted by Crippen LogP contribution is 2.17. The number of nitrogens with one attached hydrogen (secondary N) is 2. The number of rotatable bonds is 7. The van der Waals surface area contributed by atoms with E-state index < -0.39 is 10.0 Å². The maximum absolute atomic E-state index is 12.5. The molecule has 1 amide bonds. The number of pyridine rings is 1. The summed E-state index contributed by atoms with van der Waals surface area (Å²) in [5, 5.41) is 3.73. The van der Waals surface area contributed by atoms with Crippen molar-refractivity contribution in [2.24, 2.45) is 0 Å². The summed E-state index contributed by atoms with van der Waals surface area (Å²) in [6.45, 7) is 3.94. The Bertz CT molecular complexity index is 1110. The van der Waals surface area contributed by atoms with Gasteiger partial charge < -0.3 is 5.32 Å². The van der Waals surface area contributed by atoms with Gasteiger partial charge in [-0.15, -0.1) is 0 Å². The molecule has 3 aromatic rings. The molecule has 6 nitrogen and oxygen atoms in total. The Morgan fingerprint density at radius 2 is 1.82 bits per heavy atom. The van der Waals surface area contributed by atoms with Gasteiger partial charge >= 0.3 is 0 Å². The van der Waals surface area contributed by atoms with Crippen molar-refractivity contribution in [3.8, 4) is 0 Å².